The Hall–Kier alpha value is -3.13. The molecular formula is C18H18FN3O4. The molecule has 2 aromatic heterocycles. The lowest BCUT2D eigenvalue weighted by Crippen LogP contribution is -2.06. The van der Waals surface area contributed by atoms with Gasteiger partial charge in [-0.05, 0) is 18.2 Å². The zero-order chi connectivity index (χ0) is 18.5. The van der Waals surface area contributed by atoms with Gasteiger partial charge in [-0.25, -0.2) is 9.37 Å². The number of rotatable bonds is 7. The van der Waals surface area contributed by atoms with Gasteiger partial charge in [0.05, 0.1) is 19.1 Å². The molecule has 0 atom stereocenters. The molecule has 3 aromatic rings. The van der Waals surface area contributed by atoms with Crippen LogP contribution in [0.2, 0.25) is 0 Å². The topological polar surface area (TPSA) is 88.7 Å². The average Bonchev–Trinajstić information content (AvgIpc) is 2.64. The highest BCUT2D eigenvalue weighted by atomic mass is 19.1. The molecule has 26 heavy (non-hydrogen) atoms. The molecule has 0 bridgehead atoms. The lowest BCUT2D eigenvalue weighted by Gasteiger charge is -2.13. The predicted molar refractivity (Wildman–Crippen MR) is 94.3 cm³/mol. The summed E-state index contributed by atoms with van der Waals surface area (Å²) in [5.41, 5.74) is 6.26. The first-order valence-corrected chi connectivity index (χ1v) is 7.80. The lowest BCUT2D eigenvalue weighted by atomic mass is 10.2. The number of nitrogens with two attached hydrogens (primary N) is 1. The molecule has 2 heterocycles. The van der Waals surface area contributed by atoms with Gasteiger partial charge in [-0.1, -0.05) is 0 Å². The second kappa shape index (κ2) is 7.83. The van der Waals surface area contributed by atoms with Crippen LogP contribution in [0.25, 0.3) is 11.0 Å². The van der Waals surface area contributed by atoms with Crippen LogP contribution < -0.4 is 19.9 Å². The van der Waals surface area contributed by atoms with Crippen LogP contribution in [-0.4, -0.2) is 37.4 Å². The van der Waals surface area contributed by atoms with Crippen molar-refractivity contribution in [2.24, 2.45) is 0 Å². The fraction of sp³-hybridized carbons (Fsp3) is 0.222. The molecule has 0 aliphatic heterocycles. The summed E-state index contributed by atoms with van der Waals surface area (Å²) < 4.78 is 35.6. The number of aromatic nitrogens is 2. The molecule has 136 valence electrons. The molecular weight excluding hydrogens is 341 g/mol. The van der Waals surface area contributed by atoms with E-state index in [0.29, 0.717) is 41.4 Å². The van der Waals surface area contributed by atoms with Crippen molar-refractivity contribution in [3.8, 4) is 23.1 Å². The highest BCUT2D eigenvalue weighted by Gasteiger charge is 2.14. The summed E-state index contributed by atoms with van der Waals surface area (Å²) in [4.78, 5) is 8.52. The first-order valence-electron chi connectivity index (χ1n) is 7.80. The fourth-order valence-electron chi connectivity index (χ4n) is 2.31. The van der Waals surface area contributed by atoms with Crippen LogP contribution in [0.4, 0.5) is 10.1 Å². The van der Waals surface area contributed by atoms with E-state index in [1.165, 1.54) is 25.4 Å². The molecule has 0 unspecified atom stereocenters. The third kappa shape index (κ3) is 3.75. The molecule has 2 N–H and O–H groups in total. The minimum atomic E-state index is -0.562. The number of nitrogen functional groups attached to an aromatic ring is 1. The monoisotopic (exact) mass is 359 g/mol. The van der Waals surface area contributed by atoms with E-state index in [0.717, 1.165) is 0 Å². The number of ether oxygens (including phenoxy) is 4. The molecule has 0 saturated carbocycles. The molecule has 8 heteroatoms. The van der Waals surface area contributed by atoms with Crippen molar-refractivity contribution in [3.05, 3.63) is 42.3 Å². The average molecular weight is 359 g/mol. The minimum Gasteiger partial charge on any atom is -0.486 e. The van der Waals surface area contributed by atoms with Gasteiger partial charge < -0.3 is 24.7 Å². The van der Waals surface area contributed by atoms with Gasteiger partial charge in [-0.3, -0.25) is 0 Å². The van der Waals surface area contributed by atoms with E-state index in [4.69, 9.17) is 24.7 Å². The summed E-state index contributed by atoms with van der Waals surface area (Å²) in [6.45, 7) is 0.733. The summed E-state index contributed by atoms with van der Waals surface area (Å²) >= 11 is 0. The minimum absolute atomic E-state index is 0.0457. The predicted octanol–water partition coefficient (Wildman–Crippen LogP) is 3.18. The number of hydrogen-bond acceptors (Lipinski definition) is 7. The van der Waals surface area contributed by atoms with Crippen molar-refractivity contribution in [2.75, 3.05) is 33.2 Å². The molecule has 1 aromatic carbocycles. The Balaban J connectivity index is 2.00. The van der Waals surface area contributed by atoms with Gasteiger partial charge >= 0.3 is 0 Å². The van der Waals surface area contributed by atoms with E-state index in [9.17, 15) is 4.39 Å². The second-order valence-corrected chi connectivity index (χ2v) is 5.31. The van der Waals surface area contributed by atoms with Crippen LogP contribution in [0.15, 0.2) is 36.5 Å². The Kier molecular flexibility index (Phi) is 5.33. The Labute approximate surface area is 149 Å². The Morgan fingerprint density at radius 2 is 1.88 bits per heavy atom. The smallest absolute Gasteiger partial charge is 0.258 e. The van der Waals surface area contributed by atoms with Gasteiger partial charge in [0, 0.05) is 31.1 Å². The zero-order valence-corrected chi connectivity index (χ0v) is 14.4. The van der Waals surface area contributed by atoms with Crippen molar-refractivity contribution in [1.29, 1.82) is 0 Å². The van der Waals surface area contributed by atoms with Crippen molar-refractivity contribution in [2.45, 2.75) is 0 Å². The maximum absolute atomic E-state index is 14.0. The van der Waals surface area contributed by atoms with Gasteiger partial charge in [-0.2, -0.15) is 4.98 Å². The zero-order valence-electron chi connectivity index (χ0n) is 14.4. The first-order chi connectivity index (χ1) is 12.6. The van der Waals surface area contributed by atoms with E-state index in [1.54, 1.807) is 25.3 Å². The van der Waals surface area contributed by atoms with Crippen LogP contribution in [-0.2, 0) is 4.74 Å². The summed E-state index contributed by atoms with van der Waals surface area (Å²) in [5, 5.41) is 0.553. The van der Waals surface area contributed by atoms with Gasteiger partial charge in [0.1, 0.15) is 12.4 Å². The molecule has 0 aliphatic carbocycles. The molecule has 0 fully saturated rings. The number of benzene rings is 1. The summed E-state index contributed by atoms with van der Waals surface area (Å²) in [6, 6.07) is 7.52. The quantitative estimate of drug-likeness (QED) is 0.512. The molecule has 0 aliphatic rings. The van der Waals surface area contributed by atoms with Gasteiger partial charge in [0.2, 0.25) is 0 Å². The number of anilines is 1. The van der Waals surface area contributed by atoms with Crippen molar-refractivity contribution in [1.82, 2.24) is 9.97 Å². The van der Waals surface area contributed by atoms with Gasteiger partial charge in [-0.15, -0.1) is 0 Å². The number of fused-ring (bicyclic) bond motifs is 1. The van der Waals surface area contributed by atoms with Crippen LogP contribution >= 0.6 is 0 Å². The molecule has 3 rings (SSSR count). The fourth-order valence-corrected chi connectivity index (χ4v) is 2.31. The Morgan fingerprint density at radius 1 is 1.04 bits per heavy atom. The molecule has 7 nitrogen and oxygen atoms in total. The number of methoxy groups -OCH3 is 2. The first kappa shape index (κ1) is 17.7. The second-order valence-electron chi connectivity index (χ2n) is 5.31. The third-order valence-corrected chi connectivity index (χ3v) is 3.54. The van der Waals surface area contributed by atoms with E-state index in [1.807, 2.05) is 0 Å². The maximum Gasteiger partial charge on any atom is 0.258 e. The van der Waals surface area contributed by atoms with Crippen molar-refractivity contribution >= 4 is 16.7 Å². The van der Waals surface area contributed by atoms with E-state index in [2.05, 4.69) is 9.97 Å². The summed E-state index contributed by atoms with van der Waals surface area (Å²) in [6.07, 6.45) is 1.52. The summed E-state index contributed by atoms with van der Waals surface area (Å²) in [5.74, 6) is 0.562. The normalized spacial score (nSPS) is 10.7. The molecule has 0 saturated heterocycles. The third-order valence-electron chi connectivity index (χ3n) is 3.54. The van der Waals surface area contributed by atoms with Gasteiger partial charge in [0.25, 0.3) is 5.88 Å². The van der Waals surface area contributed by atoms with E-state index >= 15 is 0 Å². The number of pyridine rings is 2. The van der Waals surface area contributed by atoms with Crippen LogP contribution in [0.5, 0.6) is 23.1 Å². The van der Waals surface area contributed by atoms with Crippen molar-refractivity contribution in [3.63, 3.8) is 0 Å². The largest absolute Gasteiger partial charge is 0.486 e. The Bertz CT molecular complexity index is 920. The number of halogens is 1. The lowest BCUT2D eigenvalue weighted by molar-refractivity contribution is 0.144. The van der Waals surface area contributed by atoms with Crippen molar-refractivity contribution < 1.29 is 23.3 Å². The van der Waals surface area contributed by atoms with Crippen LogP contribution in [0, 0.1) is 5.82 Å². The van der Waals surface area contributed by atoms with E-state index < -0.39 is 5.82 Å². The highest BCUT2D eigenvalue weighted by Crippen LogP contribution is 2.35. The molecule has 0 spiro atoms. The molecule has 0 radical (unpaired) electrons. The van der Waals surface area contributed by atoms with E-state index in [-0.39, 0.29) is 11.6 Å². The van der Waals surface area contributed by atoms with Crippen LogP contribution in [0.1, 0.15) is 0 Å². The standard InChI is InChI=1S/C18H18FN3O4/c1-23-7-8-25-16-10-12-14(5-6-21-17(12)22-18(16)24-2)26-15-4-3-11(20)9-13(15)19/h3-6,9-10H,7-8,20H2,1-2H3. The SMILES string of the molecule is COCCOc1cc2c(Oc3ccc(N)cc3F)ccnc2nc1OC. The highest BCUT2D eigenvalue weighted by molar-refractivity contribution is 5.84. The maximum atomic E-state index is 14.0. The summed E-state index contributed by atoms with van der Waals surface area (Å²) in [7, 11) is 3.07. The number of nitrogens with zero attached hydrogens (tertiary/aromatic N) is 2. The Morgan fingerprint density at radius 3 is 2.62 bits per heavy atom. The number of hydrogen-bond donors (Lipinski definition) is 1. The van der Waals surface area contributed by atoms with Gasteiger partial charge in [0.15, 0.2) is 23.0 Å². The molecule has 0 amide bonds. The van der Waals surface area contributed by atoms with Crippen LogP contribution in [0.3, 0.4) is 0 Å².